The summed E-state index contributed by atoms with van der Waals surface area (Å²) in [5, 5.41) is 29.5. The van der Waals surface area contributed by atoms with Crippen LogP contribution < -0.4 is 4.73 Å². The molecule has 5 aromatic rings. The lowest BCUT2D eigenvalue weighted by molar-refractivity contribution is -0.615. The van der Waals surface area contributed by atoms with Gasteiger partial charge in [-0.3, -0.25) is 9.48 Å². The Morgan fingerprint density at radius 1 is 1.05 bits per heavy atom. The van der Waals surface area contributed by atoms with Crippen LogP contribution in [0, 0.1) is 22.9 Å². The molecule has 10 nitrogen and oxygen atoms in total. The Bertz CT molecular complexity index is 1790. The van der Waals surface area contributed by atoms with Crippen molar-refractivity contribution in [2.75, 3.05) is 13.1 Å². The number of likely N-dealkylation sites (tertiary alicyclic amines) is 1. The minimum absolute atomic E-state index is 0.0430. The van der Waals surface area contributed by atoms with Crippen molar-refractivity contribution in [3.05, 3.63) is 101 Å². The van der Waals surface area contributed by atoms with Gasteiger partial charge in [0, 0.05) is 36.8 Å². The maximum absolute atomic E-state index is 15.4. The van der Waals surface area contributed by atoms with Gasteiger partial charge in [-0.05, 0) is 72.2 Å². The first kappa shape index (κ1) is 28.1. The Morgan fingerprint density at radius 2 is 1.86 bits per heavy atom. The summed E-state index contributed by atoms with van der Waals surface area (Å²) in [5.74, 6) is -0.370. The summed E-state index contributed by atoms with van der Waals surface area (Å²) in [7, 11) is 0. The van der Waals surface area contributed by atoms with Gasteiger partial charge in [0.1, 0.15) is 12.4 Å². The molecule has 12 heteroatoms. The molecule has 0 bridgehead atoms. The largest absolute Gasteiger partial charge is 0.618 e. The van der Waals surface area contributed by atoms with Crippen molar-refractivity contribution in [2.24, 2.45) is 11.8 Å². The minimum Gasteiger partial charge on any atom is -0.618 e. The van der Waals surface area contributed by atoms with E-state index in [1.165, 1.54) is 29.7 Å². The molecule has 3 aromatic heterocycles. The highest BCUT2D eigenvalue weighted by Crippen LogP contribution is 2.47. The molecule has 7 rings (SSSR count). The van der Waals surface area contributed by atoms with Crippen molar-refractivity contribution in [3.8, 4) is 27.9 Å². The molecule has 2 aromatic carbocycles. The Balaban J connectivity index is 1.23. The van der Waals surface area contributed by atoms with Crippen LogP contribution in [-0.4, -0.2) is 53.9 Å². The van der Waals surface area contributed by atoms with E-state index in [4.69, 9.17) is 11.6 Å². The van der Waals surface area contributed by atoms with E-state index < -0.39 is 11.9 Å². The molecular weight excluding hydrogens is 583 g/mol. The Kier molecular flexibility index (Phi) is 7.55. The van der Waals surface area contributed by atoms with Crippen LogP contribution in [0.25, 0.3) is 27.9 Å². The van der Waals surface area contributed by atoms with E-state index in [2.05, 4.69) is 20.6 Å². The average Bonchev–Trinajstić information content (AvgIpc) is 3.39. The van der Waals surface area contributed by atoms with Crippen molar-refractivity contribution < 1.29 is 13.9 Å². The number of hydrogen-bond acceptors (Lipinski definition) is 6. The second-order valence-electron chi connectivity index (χ2n) is 11.5. The summed E-state index contributed by atoms with van der Waals surface area (Å²) in [6.45, 7) is 1.64. The highest BCUT2D eigenvalue weighted by Gasteiger charge is 2.47. The number of nitrogens with zero attached hydrogens (tertiary/aromatic N) is 8. The molecule has 44 heavy (non-hydrogen) atoms. The van der Waals surface area contributed by atoms with E-state index in [9.17, 15) is 10.0 Å². The Labute approximate surface area is 258 Å². The van der Waals surface area contributed by atoms with Crippen LogP contribution in [0.4, 0.5) is 4.39 Å². The fourth-order valence-corrected chi connectivity index (χ4v) is 6.43. The smallest absolute Gasteiger partial charge is 0.225 e. The standard InChI is InChI=1S/C32H30ClFN8O2/c33-26-10-12-28(41-20-35-37-38-41)30(31(26)34)22-9-11-27(42(44)19-22)29(40-18-24(17-36-40)21-7-3-1-4-8-21)16-23-15-25(23)32(43)39-13-5-2-6-14-39/h1,3-4,7-12,17-20,23,25,29H,2,5-6,13-16H2/t23-,25-,29?/m1/s1. The monoisotopic (exact) mass is 612 g/mol. The van der Waals surface area contributed by atoms with Gasteiger partial charge in [-0.15, -0.1) is 5.10 Å². The van der Waals surface area contributed by atoms with E-state index >= 15 is 4.39 Å². The molecule has 4 heterocycles. The van der Waals surface area contributed by atoms with Crippen LogP contribution in [0.1, 0.15) is 43.8 Å². The number of hydrogen-bond donors (Lipinski definition) is 0. The number of pyridine rings is 1. The number of rotatable bonds is 8. The van der Waals surface area contributed by atoms with Gasteiger partial charge in [0.15, 0.2) is 12.0 Å². The number of benzene rings is 2. The summed E-state index contributed by atoms with van der Waals surface area (Å²) < 4.78 is 19.3. The lowest BCUT2D eigenvalue weighted by Gasteiger charge is -2.27. The normalized spacial score (nSPS) is 18.7. The summed E-state index contributed by atoms with van der Waals surface area (Å²) >= 11 is 6.15. The SMILES string of the molecule is O=C([C@@H]1C[C@@H]1CC(c1ccc(-c2c(-n3cnnn3)ccc(Cl)c2F)c[n+]1[O-])n1cc(-c2ccccc2)cn1)N1CCCCC1. The van der Waals surface area contributed by atoms with E-state index in [-0.39, 0.29) is 28.3 Å². The third kappa shape index (κ3) is 5.43. The average molecular weight is 613 g/mol. The molecule has 224 valence electrons. The van der Waals surface area contributed by atoms with Crippen molar-refractivity contribution in [1.29, 1.82) is 0 Å². The van der Waals surface area contributed by atoms with Gasteiger partial charge >= 0.3 is 0 Å². The second-order valence-corrected chi connectivity index (χ2v) is 11.9. The number of tetrazole rings is 1. The maximum atomic E-state index is 15.4. The molecule has 1 aliphatic carbocycles. The molecule has 2 fully saturated rings. The number of carbonyl (C=O) groups is 1. The number of piperidine rings is 1. The lowest BCUT2D eigenvalue weighted by atomic mass is 10.0. The number of amides is 1. The molecule has 1 aliphatic heterocycles. The fraction of sp³-hybridized carbons (Fsp3) is 0.312. The predicted octanol–water partition coefficient (Wildman–Crippen LogP) is 5.25. The fourth-order valence-electron chi connectivity index (χ4n) is 6.27. The lowest BCUT2D eigenvalue weighted by Crippen LogP contribution is -2.37. The van der Waals surface area contributed by atoms with Gasteiger partial charge in [-0.2, -0.15) is 14.5 Å². The van der Waals surface area contributed by atoms with E-state index in [1.54, 1.807) is 29.1 Å². The molecule has 1 saturated carbocycles. The van der Waals surface area contributed by atoms with Crippen molar-refractivity contribution in [3.63, 3.8) is 0 Å². The summed E-state index contributed by atoms with van der Waals surface area (Å²) in [5.41, 5.74) is 3.16. The molecule has 1 unspecified atom stereocenters. The maximum Gasteiger partial charge on any atom is 0.225 e. The van der Waals surface area contributed by atoms with Crippen LogP contribution >= 0.6 is 11.6 Å². The third-order valence-electron chi connectivity index (χ3n) is 8.70. The molecule has 1 amide bonds. The highest BCUT2D eigenvalue weighted by molar-refractivity contribution is 6.31. The highest BCUT2D eigenvalue weighted by atomic mass is 35.5. The van der Waals surface area contributed by atoms with Gasteiger partial charge < -0.3 is 10.1 Å². The van der Waals surface area contributed by atoms with Crippen molar-refractivity contribution in [1.82, 2.24) is 34.9 Å². The van der Waals surface area contributed by atoms with Crippen molar-refractivity contribution >= 4 is 17.5 Å². The zero-order valence-corrected chi connectivity index (χ0v) is 24.6. The van der Waals surface area contributed by atoms with Crippen LogP contribution in [0.3, 0.4) is 0 Å². The molecule has 1 saturated heterocycles. The van der Waals surface area contributed by atoms with E-state index in [0.29, 0.717) is 23.4 Å². The first-order valence-electron chi connectivity index (χ1n) is 14.8. The van der Waals surface area contributed by atoms with Crippen molar-refractivity contribution in [2.45, 2.75) is 38.1 Å². The predicted molar refractivity (Wildman–Crippen MR) is 161 cm³/mol. The third-order valence-corrected chi connectivity index (χ3v) is 9.00. The van der Waals surface area contributed by atoms with E-state index in [0.717, 1.165) is 48.2 Å². The summed E-state index contributed by atoms with van der Waals surface area (Å²) in [6, 6.07) is 15.9. The van der Waals surface area contributed by atoms with Crippen LogP contribution in [-0.2, 0) is 4.79 Å². The second kappa shape index (κ2) is 11.8. The zero-order chi connectivity index (χ0) is 30.2. The Hall–Kier alpha value is -4.64. The minimum atomic E-state index is -0.680. The molecule has 0 radical (unpaired) electrons. The van der Waals surface area contributed by atoms with Gasteiger partial charge in [-0.1, -0.05) is 41.9 Å². The molecule has 0 spiro atoms. The van der Waals surface area contributed by atoms with E-state index in [1.807, 2.05) is 41.4 Å². The molecule has 3 atom stereocenters. The first-order valence-corrected chi connectivity index (χ1v) is 15.2. The molecule has 2 aliphatic rings. The van der Waals surface area contributed by atoms with Crippen LogP contribution in [0.15, 0.2) is 79.5 Å². The first-order chi connectivity index (χ1) is 21.5. The van der Waals surface area contributed by atoms with Gasteiger partial charge in [0.2, 0.25) is 11.6 Å². The quantitative estimate of drug-likeness (QED) is 0.175. The number of aromatic nitrogens is 7. The molecule has 0 N–H and O–H groups in total. The van der Waals surface area contributed by atoms with Gasteiger partial charge in [0.05, 0.1) is 28.0 Å². The number of halogens is 2. The summed E-state index contributed by atoms with van der Waals surface area (Å²) in [4.78, 5) is 15.2. The zero-order valence-electron chi connectivity index (χ0n) is 23.8. The Morgan fingerprint density at radius 3 is 2.61 bits per heavy atom. The van der Waals surface area contributed by atoms with Crippen LogP contribution in [0.5, 0.6) is 0 Å². The van der Waals surface area contributed by atoms with Gasteiger partial charge in [0.25, 0.3) is 0 Å². The topological polar surface area (TPSA) is 109 Å². The summed E-state index contributed by atoms with van der Waals surface area (Å²) in [6.07, 6.45) is 11.0. The van der Waals surface area contributed by atoms with Crippen LogP contribution in [0.2, 0.25) is 5.02 Å². The van der Waals surface area contributed by atoms with Gasteiger partial charge in [-0.25, -0.2) is 4.39 Å². The number of carbonyl (C=O) groups excluding carboxylic acids is 1. The molecular formula is C32H30ClFN8O2.